The number of amides is 1. The van der Waals surface area contributed by atoms with Crippen LogP contribution in [0.4, 0.5) is 0 Å². The lowest BCUT2D eigenvalue weighted by molar-refractivity contribution is 0.0950. The average molecular weight is 389 g/mol. The van der Waals surface area contributed by atoms with Gasteiger partial charge in [0.2, 0.25) is 0 Å². The average Bonchev–Trinajstić information content (AvgIpc) is 3.21. The van der Waals surface area contributed by atoms with Crippen LogP contribution in [-0.4, -0.2) is 40.1 Å². The van der Waals surface area contributed by atoms with Gasteiger partial charge in [0.05, 0.1) is 19.9 Å². The van der Waals surface area contributed by atoms with E-state index in [9.17, 15) is 4.79 Å². The molecule has 0 radical (unpaired) electrons. The molecule has 4 rings (SSSR count). The Hall–Kier alpha value is -3.94. The molecule has 8 nitrogen and oxygen atoms in total. The van der Waals surface area contributed by atoms with Crippen LogP contribution in [-0.2, 0) is 6.54 Å². The molecule has 0 aliphatic heterocycles. The molecule has 1 N–H and O–H groups in total. The third-order valence-corrected chi connectivity index (χ3v) is 4.52. The van der Waals surface area contributed by atoms with E-state index in [2.05, 4.69) is 20.6 Å². The van der Waals surface area contributed by atoms with E-state index in [1.165, 1.54) is 0 Å². The summed E-state index contributed by atoms with van der Waals surface area (Å²) in [6.07, 6.45) is 1.69. The molecule has 2 aromatic carbocycles. The highest BCUT2D eigenvalue weighted by molar-refractivity contribution is 5.94. The monoisotopic (exact) mass is 389 g/mol. The third-order valence-electron chi connectivity index (χ3n) is 4.52. The first-order valence-electron chi connectivity index (χ1n) is 8.95. The number of hydrogen-bond donors (Lipinski definition) is 1. The minimum absolute atomic E-state index is 0.184. The Bertz CT molecular complexity index is 1150. The van der Waals surface area contributed by atoms with Crippen molar-refractivity contribution >= 4 is 17.1 Å². The van der Waals surface area contributed by atoms with Gasteiger partial charge in [0.15, 0.2) is 5.65 Å². The van der Waals surface area contributed by atoms with Gasteiger partial charge in [0.25, 0.3) is 5.91 Å². The van der Waals surface area contributed by atoms with Crippen molar-refractivity contribution in [3.8, 4) is 17.2 Å². The SMILES string of the molecule is COc1ccc(CNC(=O)c2ccc(-n3nnc4cccnc43)cc2)c(OC)c1. The fraction of sp³-hybridized carbons (Fsp3) is 0.143. The van der Waals surface area contributed by atoms with E-state index in [-0.39, 0.29) is 5.91 Å². The summed E-state index contributed by atoms with van der Waals surface area (Å²) in [5.74, 6) is 1.17. The van der Waals surface area contributed by atoms with E-state index in [0.29, 0.717) is 34.8 Å². The van der Waals surface area contributed by atoms with Crippen LogP contribution in [0.1, 0.15) is 15.9 Å². The normalized spacial score (nSPS) is 10.7. The van der Waals surface area contributed by atoms with Crippen molar-refractivity contribution in [3.63, 3.8) is 0 Å². The summed E-state index contributed by atoms with van der Waals surface area (Å²) in [4.78, 5) is 16.8. The Morgan fingerprint density at radius 2 is 1.90 bits per heavy atom. The summed E-state index contributed by atoms with van der Waals surface area (Å²) >= 11 is 0. The number of ether oxygens (including phenoxy) is 2. The van der Waals surface area contributed by atoms with Crippen molar-refractivity contribution in [2.45, 2.75) is 6.54 Å². The van der Waals surface area contributed by atoms with E-state index in [4.69, 9.17) is 9.47 Å². The summed E-state index contributed by atoms with van der Waals surface area (Å²) in [5.41, 5.74) is 3.55. The van der Waals surface area contributed by atoms with Crippen molar-refractivity contribution in [2.24, 2.45) is 0 Å². The summed E-state index contributed by atoms with van der Waals surface area (Å²) in [6, 6.07) is 16.2. The number of carbonyl (C=O) groups excluding carboxylic acids is 1. The third kappa shape index (κ3) is 3.73. The first kappa shape index (κ1) is 18.4. The lowest BCUT2D eigenvalue weighted by Gasteiger charge is -2.11. The highest BCUT2D eigenvalue weighted by Gasteiger charge is 2.11. The summed E-state index contributed by atoms with van der Waals surface area (Å²) in [7, 11) is 3.18. The number of carbonyl (C=O) groups is 1. The molecular formula is C21H19N5O3. The molecule has 146 valence electrons. The Morgan fingerprint density at radius 1 is 1.07 bits per heavy atom. The van der Waals surface area contributed by atoms with Crippen molar-refractivity contribution < 1.29 is 14.3 Å². The minimum Gasteiger partial charge on any atom is -0.497 e. The number of benzene rings is 2. The Balaban J connectivity index is 1.47. The van der Waals surface area contributed by atoms with E-state index in [0.717, 1.165) is 11.3 Å². The number of fused-ring (bicyclic) bond motifs is 1. The van der Waals surface area contributed by atoms with Crippen LogP contribution in [0.5, 0.6) is 11.5 Å². The molecule has 0 aliphatic carbocycles. The second kappa shape index (κ2) is 7.97. The van der Waals surface area contributed by atoms with Gasteiger partial charge in [-0.05, 0) is 48.5 Å². The molecule has 0 unspecified atom stereocenters. The molecule has 0 aliphatic rings. The molecule has 0 atom stereocenters. The summed E-state index contributed by atoms with van der Waals surface area (Å²) in [6.45, 7) is 0.339. The fourth-order valence-corrected chi connectivity index (χ4v) is 2.97. The van der Waals surface area contributed by atoms with Crippen LogP contribution in [0, 0.1) is 0 Å². The predicted octanol–water partition coefficient (Wildman–Crippen LogP) is 2.76. The topological polar surface area (TPSA) is 91.2 Å². The molecule has 4 aromatic rings. The Labute approximate surface area is 167 Å². The molecule has 0 saturated carbocycles. The first-order chi connectivity index (χ1) is 14.2. The molecule has 0 saturated heterocycles. The maximum Gasteiger partial charge on any atom is 0.251 e. The van der Waals surface area contributed by atoms with E-state index in [1.54, 1.807) is 43.3 Å². The van der Waals surface area contributed by atoms with E-state index in [1.807, 2.05) is 36.4 Å². The molecule has 0 fully saturated rings. The standard InChI is InChI=1S/C21H19N5O3/c1-28-17-10-7-15(19(12-17)29-2)13-23-21(27)14-5-8-16(9-6-14)26-20-18(24-25-26)4-3-11-22-20/h3-12H,13H2,1-2H3,(H,23,27). The van der Waals surface area contributed by atoms with Gasteiger partial charge in [-0.2, -0.15) is 4.68 Å². The van der Waals surface area contributed by atoms with Gasteiger partial charge in [-0.15, -0.1) is 5.10 Å². The molecule has 0 bridgehead atoms. The number of pyridine rings is 1. The lowest BCUT2D eigenvalue weighted by Crippen LogP contribution is -2.23. The number of methoxy groups -OCH3 is 2. The molecule has 2 heterocycles. The van der Waals surface area contributed by atoms with E-state index >= 15 is 0 Å². The van der Waals surface area contributed by atoms with Gasteiger partial charge >= 0.3 is 0 Å². The largest absolute Gasteiger partial charge is 0.497 e. The highest BCUT2D eigenvalue weighted by Crippen LogP contribution is 2.24. The number of aromatic nitrogens is 4. The fourth-order valence-electron chi connectivity index (χ4n) is 2.97. The lowest BCUT2D eigenvalue weighted by atomic mass is 10.1. The van der Waals surface area contributed by atoms with Crippen molar-refractivity contribution in [1.29, 1.82) is 0 Å². The second-order valence-corrected chi connectivity index (χ2v) is 6.25. The summed E-state index contributed by atoms with van der Waals surface area (Å²) < 4.78 is 12.2. The van der Waals surface area contributed by atoms with Crippen LogP contribution >= 0.6 is 0 Å². The first-order valence-corrected chi connectivity index (χ1v) is 8.95. The van der Waals surface area contributed by atoms with Crippen LogP contribution in [0.25, 0.3) is 16.9 Å². The number of nitrogens with one attached hydrogen (secondary N) is 1. The zero-order valence-electron chi connectivity index (χ0n) is 16.0. The quantitative estimate of drug-likeness (QED) is 0.545. The predicted molar refractivity (Wildman–Crippen MR) is 107 cm³/mol. The van der Waals surface area contributed by atoms with Gasteiger partial charge in [-0.3, -0.25) is 4.79 Å². The van der Waals surface area contributed by atoms with Gasteiger partial charge in [-0.25, -0.2) is 4.98 Å². The van der Waals surface area contributed by atoms with Crippen molar-refractivity contribution in [1.82, 2.24) is 25.3 Å². The molecule has 0 spiro atoms. The van der Waals surface area contributed by atoms with Crippen LogP contribution in [0.2, 0.25) is 0 Å². The van der Waals surface area contributed by atoms with Gasteiger partial charge in [-0.1, -0.05) is 5.21 Å². The maximum atomic E-state index is 12.5. The van der Waals surface area contributed by atoms with Gasteiger partial charge in [0, 0.05) is 29.9 Å². The Kier molecular flexibility index (Phi) is 5.07. The van der Waals surface area contributed by atoms with Crippen LogP contribution in [0.3, 0.4) is 0 Å². The van der Waals surface area contributed by atoms with Crippen LogP contribution < -0.4 is 14.8 Å². The smallest absolute Gasteiger partial charge is 0.251 e. The molecule has 29 heavy (non-hydrogen) atoms. The zero-order valence-corrected chi connectivity index (χ0v) is 16.0. The number of nitrogens with zero attached hydrogens (tertiary/aromatic N) is 4. The van der Waals surface area contributed by atoms with Crippen LogP contribution in [0.15, 0.2) is 60.8 Å². The molecule has 2 aromatic heterocycles. The zero-order chi connectivity index (χ0) is 20.2. The van der Waals surface area contributed by atoms with Gasteiger partial charge in [0.1, 0.15) is 17.0 Å². The molecule has 8 heteroatoms. The minimum atomic E-state index is -0.184. The molecule has 1 amide bonds. The number of rotatable bonds is 6. The molecular weight excluding hydrogens is 370 g/mol. The second-order valence-electron chi connectivity index (χ2n) is 6.25. The van der Waals surface area contributed by atoms with Crippen molar-refractivity contribution in [2.75, 3.05) is 14.2 Å². The highest BCUT2D eigenvalue weighted by atomic mass is 16.5. The van der Waals surface area contributed by atoms with Crippen molar-refractivity contribution in [3.05, 3.63) is 71.9 Å². The van der Waals surface area contributed by atoms with E-state index < -0.39 is 0 Å². The number of hydrogen-bond acceptors (Lipinski definition) is 6. The summed E-state index contributed by atoms with van der Waals surface area (Å²) in [5, 5.41) is 11.1. The van der Waals surface area contributed by atoms with Gasteiger partial charge < -0.3 is 14.8 Å². The Morgan fingerprint density at radius 3 is 2.66 bits per heavy atom. The maximum absolute atomic E-state index is 12.5.